The fraction of sp³-hybridized carbons (Fsp3) is 0.353. The number of carbonyl (C=O) groups is 5. The highest BCUT2D eigenvalue weighted by Gasteiger charge is 2.45. The summed E-state index contributed by atoms with van der Waals surface area (Å²) in [4.78, 5) is 59.8. The van der Waals surface area contributed by atoms with Gasteiger partial charge in [0.05, 0.1) is 17.7 Å². The van der Waals surface area contributed by atoms with Crippen LogP contribution in [0, 0.1) is 0 Å². The van der Waals surface area contributed by atoms with Gasteiger partial charge in [0.15, 0.2) is 0 Å². The maximum Gasteiger partial charge on any atom is 0.266 e. The molecule has 1 N–H and O–H groups in total. The average Bonchev–Trinajstić information content (AvgIpc) is 2.87. The second-order valence-electron chi connectivity index (χ2n) is 5.72. The summed E-state index contributed by atoms with van der Waals surface area (Å²) in [7, 11) is 0. The first-order valence-electron chi connectivity index (χ1n) is 8.03. The van der Waals surface area contributed by atoms with Crippen molar-refractivity contribution in [2.75, 3.05) is 19.8 Å². The molecule has 9 heteroatoms. The van der Waals surface area contributed by atoms with Gasteiger partial charge in [0.1, 0.15) is 31.3 Å². The van der Waals surface area contributed by atoms with Gasteiger partial charge in [-0.3, -0.25) is 29.4 Å². The van der Waals surface area contributed by atoms with E-state index in [-0.39, 0.29) is 49.5 Å². The van der Waals surface area contributed by atoms with Crippen molar-refractivity contribution in [2.45, 2.75) is 18.9 Å². The highest BCUT2D eigenvalue weighted by Crippen LogP contribution is 2.33. The number of hydrogen-bond acceptors (Lipinski definition) is 7. The van der Waals surface area contributed by atoms with Crippen LogP contribution in [0.2, 0.25) is 0 Å². The third-order valence-electron chi connectivity index (χ3n) is 4.10. The molecule has 2 aliphatic heterocycles. The topological polar surface area (TPSA) is 119 Å². The number of ether oxygens (including phenoxy) is 2. The molecule has 4 amide bonds. The van der Waals surface area contributed by atoms with Crippen molar-refractivity contribution in [1.29, 1.82) is 0 Å². The van der Waals surface area contributed by atoms with Crippen LogP contribution in [0.5, 0.6) is 5.75 Å². The van der Waals surface area contributed by atoms with Gasteiger partial charge in [0.25, 0.3) is 11.8 Å². The molecule has 0 spiro atoms. The van der Waals surface area contributed by atoms with Crippen LogP contribution in [0.15, 0.2) is 18.2 Å². The molecule has 136 valence electrons. The van der Waals surface area contributed by atoms with Crippen molar-refractivity contribution in [3.8, 4) is 5.75 Å². The minimum absolute atomic E-state index is 0.0568. The third-order valence-corrected chi connectivity index (χ3v) is 4.10. The predicted octanol–water partition coefficient (Wildman–Crippen LogP) is -0.318. The molecule has 1 fully saturated rings. The number of carbonyl (C=O) groups excluding carboxylic acids is 5. The average molecular weight is 360 g/mol. The van der Waals surface area contributed by atoms with E-state index in [1.807, 2.05) is 0 Å². The minimum atomic E-state index is -1.02. The lowest BCUT2D eigenvalue weighted by atomic mass is 10.0. The van der Waals surface area contributed by atoms with Gasteiger partial charge in [-0.25, -0.2) is 0 Å². The second-order valence-corrected chi connectivity index (χ2v) is 5.72. The number of aldehydes is 1. The summed E-state index contributed by atoms with van der Waals surface area (Å²) >= 11 is 0. The zero-order valence-electron chi connectivity index (χ0n) is 13.7. The number of nitrogens with one attached hydrogen (secondary N) is 1. The Kier molecular flexibility index (Phi) is 5.08. The molecule has 2 heterocycles. The number of piperidine rings is 1. The van der Waals surface area contributed by atoms with Gasteiger partial charge in [-0.2, -0.15) is 0 Å². The summed E-state index contributed by atoms with van der Waals surface area (Å²) in [5, 5.41) is 2.14. The van der Waals surface area contributed by atoms with E-state index < -0.39 is 29.7 Å². The largest absolute Gasteiger partial charge is 0.490 e. The van der Waals surface area contributed by atoms with Crippen molar-refractivity contribution in [2.24, 2.45) is 0 Å². The zero-order chi connectivity index (χ0) is 18.7. The molecule has 0 aromatic heterocycles. The van der Waals surface area contributed by atoms with Gasteiger partial charge in [-0.15, -0.1) is 0 Å². The first-order chi connectivity index (χ1) is 12.5. The van der Waals surface area contributed by atoms with Gasteiger partial charge in [0, 0.05) is 6.42 Å². The Morgan fingerprint density at radius 3 is 2.69 bits per heavy atom. The van der Waals surface area contributed by atoms with Gasteiger partial charge in [-0.05, 0) is 18.6 Å². The van der Waals surface area contributed by atoms with E-state index in [0.717, 1.165) is 4.90 Å². The van der Waals surface area contributed by atoms with Gasteiger partial charge in [-0.1, -0.05) is 6.07 Å². The Labute approximate surface area is 148 Å². The molecule has 1 aromatic rings. The van der Waals surface area contributed by atoms with Crippen molar-refractivity contribution in [3.63, 3.8) is 0 Å². The summed E-state index contributed by atoms with van der Waals surface area (Å²) < 4.78 is 10.5. The van der Waals surface area contributed by atoms with Crippen molar-refractivity contribution in [3.05, 3.63) is 29.3 Å². The smallest absolute Gasteiger partial charge is 0.266 e. The Morgan fingerprint density at radius 2 is 1.96 bits per heavy atom. The molecule has 1 atom stereocenters. The van der Waals surface area contributed by atoms with Gasteiger partial charge < -0.3 is 14.3 Å². The molecule has 0 saturated carbocycles. The van der Waals surface area contributed by atoms with E-state index in [0.29, 0.717) is 6.29 Å². The van der Waals surface area contributed by atoms with E-state index in [9.17, 15) is 24.0 Å². The Hall–Kier alpha value is -3.07. The summed E-state index contributed by atoms with van der Waals surface area (Å²) in [6.07, 6.45) is 0.757. The molecule has 1 unspecified atom stereocenters. The monoisotopic (exact) mass is 360 g/mol. The molecule has 9 nitrogen and oxygen atoms in total. The van der Waals surface area contributed by atoms with Crippen molar-refractivity contribution in [1.82, 2.24) is 10.2 Å². The van der Waals surface area contributed by atoms with Crippen LogP contribution in [0.3, 0.4) is 0 Å². The standard InChI is InChI=1S/C17H16N2O7/c20-6-7-25-8-9-26-12-3-1-2-10-14(12)17(24)19(16(10)23)11-4-5-13(21)18-15(11)22/h1-3,6,11H,4-5,7-9H2,(H,18,21,22). The van der Waals surface area contributed by atoms with Crippen LogP contribution in [0.4, 0.5) is 0 Å². The molecule has 0 aliphatic carbocycles. The fourth-order valence-corrected chi connectivity index (χ4v) is 2.95. The molecule has 1 aromatic carbocycles. The van der Waals surface area contributed by atoms with Crippen LogP contribution < -0.4 is 10.1 Å². The Morgan fingerprint density at radius 1 is 1.15 bits per heavy atom. The molecule has 2 aliphatic rings. The van der Waals surface area contributed by atoms with Crippen LogP contribution in [-0.2, 0) is 19.1 Å². The maximum atomic E-state index is 12.8. The second kappa shape index (κ2) is 7.44. The molecule has 0 radical (unpaired) electrons. The number of nitrogens with zero attached hydrogens (tertiary/aromatic N) is 1. The number of benzene rings is 1. The number of imide groups is 2. The van der Waals surface area contributed by atoms with E-state index in [1.54, 1.807) is 6.07 Å². The lowest BCUT2D eigenvalue weighted by Crippen LogP contribution is -2.54. The molecule has 1 saturated heterocycles. The van der Waals surface area contributed by atoms with Crippen LogP contribution in [0.1, 0.15) is 33.6 Å². The minimum Gasteiger partial charge on any atom is -0.490 e. The third kappa shape index (κ3) is 3.21. The van der Waals surface area contributed by atoms with E-state index in [2.05, 4.69) is 5.32 Å². The molecular weight excluding hydrogens is 344 g/mol. The van der Waals surface area contributed by atoms with Gasteiger partial charge in [0.2, 0.25) is 11.8 Å². The zero-order valence-corrected chi connectivity index (χ0v) is 13.7. The van der Waals surface area contributed by atoms with Gasteiger partial charge >= 0.3 is 0 Å². The summed E-state index contributed by atoms with van der Waals surface area (Å²) in [5.41, 5.74) is 0.226. The predicted molar refractivity (Wildman–Crippen MR) is 85.5 cm³/mol. The highest BCUT2D eigenvalue weighted by atomic mass is 16.5. The molecule has 3 rings (SSSR count). The highest BCUT2D eigenvalue weighted by molar-refractivity contribution is 6.24. The summed E-state index contributed by atoms with van der Waals surface area (Å²) in [6.45, 7) is 0.169. The first kappa shape index (κ1) is 17.7. The number of hydrogen-bond donors (Lipinski definition) is 1. The van der Waals surface area contributed by atoms with Crippen LogP contribution in [0.25, 0.3) is 0 Å². The number of rotatable bonds is 7. The number of amides is 4. The van der Waals surface area contributed by atoms with E-state index in [1.165, 1.54) is 12.1 Å². The maximum absolute atomic E-state index is 12.8. The molecule has 0 bridgehead atoms. The normalized spacial score (nSPS) is 19.4. The molecular formula is C17H16N2O7. The van der Waals surface area contributed by atoms with Crippen LogP contribution >= 0.6 is 0 Å². The molecule has 26 heavy (non-hydrogen) atoms. The van der Waals surface area contributed by atoms with Crippen molar-refractivity contribution < 1.29 is 33.4 Å². The first-order valence-corrected chi connectivity index (χ1v) is 8.03. The van der Waals surface area contributed by atoms with E-state index in [4.69, 9.17) is 9.47 Å². The summed E-state index contributed by atoms with van der Waals surface area (Å²) in [6, 6.07) is 3.57. The van der Waals surface area contributed by atoms with Crippen LogP contribution in [-0.4, -0.2) is 60.7 Å². The Bertz CT molecular complexity index is 789. The van der Waals surface area contributed by atoms with E-state index >= 15 is 0 Å². The Balaban J connectivity index is 1.79. The number of fused-ring (bicyclic) bond motifs is 1. The lowest BCUT2D eigenvalue weighted by molar-refractivity contribution is -0.136. The fourth-order valence-electron chi connectivity index (χ4n) is 2.95. The summed E-state index contributed by atoms with van der Waals surface area (Å²) in [5.74, 6) is -2.13. The SMILES string of the molecule is O=CCOCCOc1cccc2c1C(=O)N(C1CCC(=O)NC1=O)C2=O. The van der Waals surface area contributed by atoms with Crippen molar-refractivity contribution >= 4 is 29.9 Å². The quantitative estimate of drug-likeness (QED) is 0.402. The lowest BCUT2D eigenvalue weighted by Gasteiger charge is -2.27.